The Balaban J connectivity index is 1.53. The maximum absolute atomic E-state index is 14.8. The molecule has 2 amide bonds. The molecule has 0 aliphatic carbocycles. The van der Waals surface area contributed by atoms with Crippen LogP contribution in [0, 0.1) is 5.82 Å². The summed E-state index contributed by atoms with van der Waals surface area (Å²) in [4.78, 5) is 25.7. The molecule has 0 spiro atoms. The summed E-state index contributed by atoms with van der Waals surface area (Å²) in [6.45, 7) is 0.746. The molecule has 1 aromatic heterocycles. The fourth-order valence-corrected chi connectivity index (χ4v) is 4.50. The lowest BCUT2D eigenvalue weighted by Crippen LogP contribution is -2.44. The summed E-state index contributed by atoms with van der Waals surface area (Å²) in [5.74, 6) is 0.953. The molecule has 1 atom stereocenters. The maximum Gasteiger partial charge on any atom is 0.251 e. The van der Waals surface area contributed by atoms with Crippen molar-refractivity contribution < 1.29 is 14.0 Å². The van der Waals surface area contributed by atoms with Crippen LogP contribution in [0.2, 0.25) is 0 Å². The second-order valence-electron chi connectivity index (χ2n) is 8.26. The second kappa shape index (κ2) is 11.3. The Hall–Kier alpha value is -3.20. The van der Waals surface area contributed by atoms with Gasteiger partial charge in [0, 0.05) is 24.2 Å². The van der Waals surface area contributed by atoms with Gasteiger partial charge in [0.15, 0.2) is 5.82 Å². The first kappa shape index (κ1) is 23.9. The van der Waals surface area contributed by atoms with Gasteiger partial charge in [-0.15, -0.1) is 10.2 Å². The number of aromatic nitrogens is 3. The zero-order valence-corrected chi connectivity index (χ0v) is 19.9. The first-order valence-corrected chi connectivity index (χ1v) is 12.8. The summed E-state index contributed by atoms with van der Waals surface area (Å²) in [6.07, 6.45) is 6.38. The van der Waals surface area contributed by atoms with E-state index in [4.69, 9.17) is 0 Å². The van der Waals surface area contributed by atoms with Crippen molar-refractivity contribution in [2.75, 3.05) is 17.3 Å². The van der Waals surface area contributed by atoms with Crippen LogP contribution in [0.5, 0.6) is 0 Å². The van der Waals surface area contributed by atoms with E-state index in [0.29, 0.717) is 34.8 Å². The summed E-state index contributed by atoms with van der Waals surface area (Å²) in [5, 5.41) is 14.2. The molecule has 0 bridgehead atoms. The summed E-state index contributed by atoms with van der Waals surface area (Å²) in [7, 11) is 0. The molecule has 0 saturated heterocycles. The van der Waals surface area contributed by atoms with Crippen molar-refractivity contribution in [2.45, 2.75) is 44.7 Å². The molecule has 4 rings (SSSR count). The molecule has 178 valence electrons. The number of nitrogens with one attached hydrogen (secondary N) is 2. The lowest BCUT2D eigenvalue weighted by Gasteiger charge is -2.19. The predicted molar refractivity (Wildman–Crippen MR) is 132 cm³/mol. The van der Waals surface area contributed by atoms with Crippen LogP contribution >= 0.6 is 11.8 Å². The number of carbonyl (C=O) groups is 2. The number of nitrogens with zero attached hydrogens (tertiary/aromatic N) is 3. The maximum atomic E-state index is 14.8. The highest BCUT2D eigenvalue weighted by molar-refractivity contribution is 7.98. The van der Waals surface area contributed by atoms with Crippen molar-refractivity contribution >= 4 is 29.3 Å². The topological polar surface area (TPSA) is 88.9 Å². The van der Waals surface area contributed by atoms with Gasteiger partial charge in [-0.1, -0.05) is 24.6 Å². The van der Waals surface area contributed by atoms with Crippen molar-refractivity contribution in [3.63, 3.8) is 0 Å². The number of anilines is 1. The SMILES string of the molecule is CSCC[C@@H](NC(=O)c1ccccc1)C(=O)Nc1ccc(F)c(-c2nnc3n2CCCCC3)c1. The van der Waals surface area contributed by atoms with Gasteiger partial charge in [0.25, 0.3) is 5.91 Å². The van der Waals surface area contributed by atoms with Crippen LogP contribution in [0.4, 0.5) is 10.1 Å². The van der Waals surface area contributed by atoms with Gasteiger partial charge in [-0.25, -0.2) is 4.39 Å². The molecule has 3 aromatic rings. The van der Waals surface area contributed by atoms with Gasteiger partial charge < -0.3 is 15.2 Å². The van der Waals surface area contributed by atoms with Crippen molar-refractivity contribution in [3.8, 4) is 11.4 Å². The molecule has 9 heteroatoms. The Morgan fingerprint density at radius 1 is 1.12 bits per heavy atom. The van der Waals surface area contributed by atoms with Crippen LogP contribution in [0.15, 0.2) is 48.5 Å². The molecule has 34 heavy (non-hydrogen) atoms. The standard InChI is InChI=1S/C25H28FN5O2S/c1-34-15-13-21(28-24(32)17-8-4-2-5-9-17)25(33)27-18-11-12-20(26)19(16-18)23-30-29-22-10-6-3-7-14-31(22)23/h2,4-5,8-9,11-12,16,21H,3,6-7,10,13-15H2,1H3,(H,27,33)(H,28,32)/t21-/m1/s1. The highest BCUT2D eigenvalue weighted by Crippen LogP contribution is 2.27. The largest absolute Gasteiger partial charge is 0.340 e. The van der Waals surface area contributed by atoms with Gasteiger partial charge >= 0.3 is 0 Å². The monoisotopic (exact) mass is 481 g/mol. The average Bonchev–Trinajstić information content (AvgIpc) is 3.10. The molecular formula is C25H28FN5O2S. The number of aryl methyl sites for hydroxylation is 1. The zero-order chi connectivity index (χ0) is 23.9. The van der Waals surface area contributed by atoms with E-state index in [1.54, 1.807) is 42.1 Å². The lowest BCUT2D eigenvalue weighted by atomic mass is 10.1. The molecule has 1 aliphatic rings. The molecule has 2 heterocycles. The molecule has 0 saturated carbocycles. The van der Waals surface area contributed by atoms with E-state index in [0.717, 1.165) is 38.1 Å². The van der Waals surface area contributed by atoms with Gasteiger partial charge in [0.05, 0.1) is 5.56 Å². The molecule has 7 nitrogen and oxygen atoms in total. The minimum absolute atomic E-state index is 0.299. The van der Waals surface area contributed by atoms with Gasteiger partial charge in [-0.3, -0.25) is 9.59 Å². The minimum Gasteiger partial charge on any atom is -0.340 e. The number of carbonyl (C=O) groups excluding carboxylic acids is 2. The number of hydrogen-bond donors (Lipinski definition) is 2. The number of amides is 2. The van der Waals surface area contributed by atoms with Gasteiger partial charge in [-0.05, 0) is 61.6 Å². The summed E-state index contributed by atoms with van der Waals surface area (Å²) >= 11 is 1.60. The van der Waals surface area contributed by atoms with E-state index in [9.17, 15) is 14.0 Å². The highest BCUT2D eigenvalue weighted by Gasteiger charge is 2.23. The summed E-state index contributed by atoms with van der Waals surface area (Å²) in [5.41, 5.74) is 1.23. The van der Waals surface area contributed by atoms with Gasteiger partial charge in [-0.2, -0.15) is 11.8 Å². The Morgan fingerprint density at radius 2 is 1.94 bits per heavy atom. The van der Waals surface area contributed by atoms with E-state index in [2.05, 4.69) is 20.8 Å². The minimum atomic E-state index is -0.724. The predicted octanol–water partition coefficient (Wildman–Crippen LogP) is 4.30. The first-order valence-electron chi connectivity index (χ1n) is 11.4. The van der Waals surface area contributed by atoms with Gasteiger partial charge in [0.1, 0.15) is 17.7 Å². The van der Waals surface area contributed by atoms with Crippen molar-refractivity contribution in [3.05, 3.63) is 65.7 Å². The number of benzene rings is 2. The molecule has 2 N–H and O–H groups in total. The Kier molecular flexibility index (Phi) is 7.95. The molecule has 0 fully saturated rings. The van der Waals surface area contributed by atoms with Crippen LogP contribution in [-0.4, -0.2) is 44.6 Å². The number of halogens is 1. The van der Waals surface area contributed by atoms with E-state index in [-0.39, 0.29) is 11.8 Å². The highest BCUT2D eigenvalue weighted by atomic mass is 32.2. The Labute approximate surface area is 202 Å². The van der Waals surface area contributed by atoms with Crippen molar-refractivity contribution in [1.82, 2.24) is 20.1 Å². The molecule has 2 aromatic carbocycles. The quantitative estimate of drug-likeness (QED) is 0.501. The second-order valence-corrected chi connectivity index (χ2v) is 9.25. The average molecular weight is 482 g/mol. The number of rotatable bonds is 8. The van der Waals surface area contributed by atoms with Crippen LogP contribution in [0.1, 0.15) is 41.9 Å². The van der Waals surface area contributed by atoms with Crippen LogP contribution in [0.3, 0.4) is 0 Å². The third-order valence-corrected chi connectivity index (χ3v) is 6.50. The molecule has 0 radical (unpaired) electrons. The van der Waals surface area contributed by atoms with Crippen LogP contribution < -0.4 is 10.6 Å². The fraction of sp³-hybridized carbons (Fsp3) is 0.360. The Morgan fingerprint density at radius 3 is 2.74 bits per heavy atom. The molecule has 0 unspecified atom stereocenters. The smallest absolute Gasteiger partial charge is 0.251 e. The molecule has 1 aliphatic heterocycles. The molecular weight excluding hydrogens is 453 g/mol. The van der Waals surface area contributed by atoms with Crippen molar-refractivity contribution in [1.29, 1.82) is 0 Å². The lowest BCUT2D eigenvalue weighted by molar-refractivity contribution is -0.118. The summed E-state index contributed by atoms with van der Waals surface area (Å²) < 4.78 is 16.7. The fourth-order valence-electron chi connectivity index (χ4n) is 4.02. The number of thioether (sulfide) groups is 1. The van der Waals surface area contributed by atoms with Crippen LogP contribution in [-0.2, 0) is 17.8 Å². The first-order chi connectivity index (χ1) is 16.6. The van der Waals surface area contributed by atoms with E-state index in [1.165, 1.54) is 12.1 Å². The zero-order valence-electron chi connectivity index (χ0n) is 19.1. The van der Waals surface area contributed by atoms with E-state index < -0.39 is 11.9 Å². The van der Waals surface area contributed by atoms with Crippen LogP contribution in [0.25, 0.3) is 11.4 Å². The van der Waals surface area contributed by atoms with Gasteiger partial charge in [0.2, 0.25) is 5.91 Å². The third-order valence-electron chi connectivity index (χ3n) is 5.85. The third kappa shape index (κ3) is 5.64. The Bertz CT molecular complexity index is 1150. The van der Waals surface area contributed by atoms with Crippen molar-refractivity contribution in [2.24, 2.45) is 0 Å². The summed E-state index contributed by atoms with van der Waals surface area (Å²) in [6, 6.07) is 12.5. The van der Waals surface area contributed by atoms with E-state index >= 15 is 0 Å². The normalized spacial score (nSPS) is 14.1. The van der Waals surface area contributed by atoms with E-state index in [1.807, 2.05) is 16.9 Å². The number of fused-ring (bicyclic) bond motifs is 1. The number of hydrogen-bond acceptors (Lipinski definition) is 5.